The highest BCUT2D eigenvalue weighted by atomic mass is 16.5. The molecule has 7 aliphatic heterocycles. The van der Waals surface area contributed by atoms with Crippen LogP contribution in [0.2, 0.25) is 0 Å². The summed E-state index contributed by atoms with van der Waals surface area (Å²) in [5, 5.41) is 46.2. The average molecular weight is 1340 g/mol. The van der Waals surface area contributed by atoms with Crippen LogP contribution in [0.15, 0.2) is 0 Å². The number of fused-ring (bicyclic) bond motifs is 26. The lowest BCUT2D eigenvalue weighted by molar-refractivity contribution is -0.186. The van der Waals surface area contributed by atoms with E-state index in [2.05, 4.69) is 87.3 Å². The van der Waals surface area contributed by atoms with Gasteiger partial charge in [-0.1, -0.05) is 145 Å². The summed E-state index contributed by atoms with van der Waals surface area (Å²) in [6, 6.07) is 0.630. The van der Waals surface area contributed by atoms with Gasteiger partial charge in [-0.3, -0.25) is 42.5 Å². The number of hydrogen-bond acceptors (Lipinski definition) is 16. The molecule has 0 radical (unpaired) electrons. The van der Waals surface area contributed by atoms with Gasteiger partial charge in [0.05, 0.1) is 86.0 Å². The minimum Gasteiger partial charge on any atom is -0.378 e. The van der Waals surface area contributed by atoms with E-state index in [9.17, 15) is 0 Å². The Balaban J connectivity index is 0.896. The van der Waals surface area contributed by atoms with E-state index in [0.717, 1.165) is 153 Å². The number of nitrogens with one attached hydrogen (secondary N) is 10. The Bertz CT molecular complexity index is 2260. The molecule has 7 heterocycles. The summed E-state index contributed by atoms with van der Waals surface area (Å²) >= 11 is 0. The number of rotatable bonds is 24. The minimum absolute atomic E-state index is 0.00649. The molecule has 15 fully saturated rings. The van der Waals surface area contributed by atoms with Gasteiger partial charge in [0.15, 0.2) is 0 Å². The molecule has 7 saturated heterocycles. The van der Waals surface area contributed by atoms with Crippen LogP contribution < -0.4 is 53.2 Å². The molecule has 0 spiro atoms. The maximum atomic E-state index is 7.81. The SMILES string of the molecule is CCCCOC1C2NCCCC2C(C)C2C3NC(NC4NC(NC5NC(NC6NC(N3)C3C(OCCCC)C7CC8CCCCC8CC7C(OCCCC)C63)C3C(C)C6CCCNC6C(OCCCC)C53)C3C(OCCCC)C5CC6CCCCC6CC5C(OCCCC)C43)C12. The highest BCUT2D eigenvalue weighted by Gasteiger charge is 2.69. The van der Waals surface area contributed by atoms with Crippen LogP contribution in [0, 0.1) is 118 Å². The second kappa shape index (κ2) is 32.4. The molecule has 0 aromatic carbocycles. The number of ether oxygens (including phenoxy) is 6. The van der Waals surface area contributed by atoms with Gasteiger partial charge in [-0.2, -0.15) is 0 Å². The smallest absolute Gasteiger partial charge is 0.0790 e. The monoisotopic (exact) mass is 1340 g/mol. The number of unbranched alkanes of at least 4 members (excludes halogenated alkanes) is 6. The second-order valence-electron chi connectivity index (χ2n) is 35.4. The van der Waals surface area contributed by atoms with Crippen molar-refractivity contribution < 1.29 is 28.4 Å². The molecule has 36 atom stereocenters. The minimum atomic E-state index is -0.0341. The molecule has 8 aliphatic carbocycles. The van der Waals surface area contributed by atoms with Crippen molar-refractivity contribution in [3.8, 4) is 0 Å². The van der Waals surface area contributed by atoms with Gasteiger partial charge in [0.1, 0.15) is 0 Å². The molecular formula is C80H142N10O6. The van der Waals surface area contributed by atoms with Crippen LogP contribution in [0.3, 0.4) is 0 Å². The van der Waals surface area contributed by atoms with E-state index in [0.29, 0.717) is 71.3 Å². The Morgan fingerprint density at radius 3 is 0.740 bits per heavy atom. The van der Waals surface area contributed by atoms with E-state index in [1.54, 1.807) is 0 Å². The topological polar surface area (TPSA) is 176 Å². The molecule has 548 valence electrons. The molecule has 0 aromatic rings. The maximum absolute atomic E-state index is 7.81. The van der Waals surface area contributed by atoms with Crippen molar-refractivity contribution in [3.63, 3.8) is 0 Å². The Labute approximate surface area is 583 Å². The summed E-state index contributed by atoms with van der Waals surface area (Å²) in [5.41, 5.74) is 0. The molecule has 16 nitrogen and oxygen atoms in total. The van der Waals surface area contributed by atoms with Crippen LogP contribution in [-0.4, -0.2) is 151 Å². The third kappa shape index (κ3) is 13.7. The quantitative estimate of drug-likeness (QED) is 0.0413. The zero-order chi connectivity index (χ0) is 65.6. The van der Waals surface area contributed by atoms with Gasteiger partial charge in [-0.25, -0.2) is 0 Å². The van der Waals surface area contributed by atoms with Crippen molar-refractivity contribution in [1.82, 2.24) is 53.2 Å². The van der Waals surface area contributed by atoms with Crippen LogP contribution >= 0.6 is 0 Å². The third-order valence-electron chi connectivity index (χ3n) is 30.5. The summed E-state index contributed by atoms with van der Waals surface area (Å²) in [5.74, 6) is 8.95. The fourth-order valence-corrected chi connectivity index (χ4v) is 26.2. The fourth-order valence-electron chi connectivity index (χ4n) is 26.2. The first kappa shape index (κ1) is 71.0. The Hall–Kier alpha value is -0.640. The lowest BCUT2D eigenvalue weighted by atomic mass is 9.54. The highest BCUT2D eigenvalue weighted by Crippen LogP contribution is 2.61. The van der Waals surface area contributed by atoms with E-state index >= 15 is 0 Å². The Kier molecular flexibility index (Phi) is 23.9. The van der Waals surface area contributed by atoms with Crippen LogP contribution in [0.25, 0.3) is 0 Å². The van der Waals surface area contributed by atoms with E-state index < -0.39 is 0 Å². The van der Waals surface area contributed by atoms with Crippen molar-refractivity contribution in [1.29, 1.82) is 0 Å². The summed E-state index contributed by atoms with van der Waals surface area (Å²) in [6.45, 7) is 26.5. The van der Waals surface area contributed by atoms with Gasteiger partial charge < -0.3 is 39.1 Å². The van der Waals surface area contributed by atoms with Crippen molar-refractivity contribution in [2.24, 2.45) is 118 Å². The van der Waals surface area contributed by atoms with Crippen molar-refractivity contribution >= 4 is 0 Å². The summed E-state index contributed by atoms with van der Waals surface area (Å²) in [7, 11) is 0. The molecular weight excluding hydrogens is 1200 g/mol. The molecule has 15 rings (SSSR count). The van der Waals surface area contributed by atoms with E-state index in [4.69, 9.17) is 49.7 Å². The number of hydrogen-bond donors (Lipinski definition) is 10. The first-order valence-corrected chi connectivity index (χ1v) is 42.5. The van der Waals surface area contributed by atoms with E-state index in [1.807, 2.05) is 0 Å². The molecule has 0 aromatic heterocycles. The molecule has 96 heavy (non-hydrogen) atoms. The highest BCUT2D eigenvalue weighted by molar-refractivity contribution is 5.20. The fraction of sp³-hybridized carbons (Fsp3) is 1.00. The van der Waals surface area contributed by atoms with Crippen molar-refractivity contribution in [3.05, 3.63) is 0 Å². The van der Waals surface area contributed by atoms with Gasteiger partial charge >= 0.3 is 0 Å². The largest absolute Gasteiger partial charge is 0.378 e. The van der Waals surface area contributed by atoms with E-state index in [-0.39, 0.29) is 121 Å². The van der Waals surface area contributed by atoms with Gasteiger partial charge in [0, 0.05) is 87.2 Å². The van der Waals surface area contributed by atoms with Gasteiger partial charge in [0.25, 0.3) is 0 Å². The van der Waals surface area contributed by atoms with Crippen molar-refractivity contribution in [2.45, 2.75) is 333 Å². The van der Waals surface area contributed by atoms with Gasteiger partial charge in [0.2, 0.25) is 0 Å². The molecule has 16 heteroatoms. The lowest BCUT2D eigenvalue weighted by Crippen LogP contribution is -2.66. The standard InChI is InChI=1S/C80H142N10O6/c1-9-15-35-91-67-53-41-47-27-21-22-28-48(47)42-54(53)68(92-36-16-10-2)62-61(67)77-85-73-57-45(7)51-31-25-33-81-65(51)71(95-39-19-13-5)59(57)75(83-73)87-79-63-64(70(94-38-18-12-4)56-44-50-30-24-23-29-49(50)43-55(56)69(63)93-37-17-11-3)80(90-79)88-76-60-58(74(84-76)86-78(62)89-77)46(8)52-32-26-34-82-66(52)72(60)96-40-20-14-6/h45-90H,9-44H2,1-8H3. The summed E-state index contributed by atoms with van der Waals surface area (Å²) in [4.78, 5) is 0. The average Bonchev–Trinajstić information content (AvgIpc) is 1.52. The maximum Gasteiger partial charge on any atom is 0.0790 e. The lowest BCUT2D eigenvalue weighted by Gasteiger charge is -2.57. The Morgan fingerprint density at radius 1 is 0.260 bits per heavy atom. The molecule has 36 unspecified atom stereocenters. The normalized spacial score (nSPS) is 50.8. The zero-order valence-electron chi connectivity index (χ0n) is 61.7. The van der Waals surface area contributed by atoms with Gasteiger partial charge in [-0.05, 0) is 186 Å². The molecule has 8 saturated carbocycles. The first-order chi connectivity index (χ1) is 47.2. The second-order valence-corrected chi connectivity index (χ2v) is 35.4. The Morgan fingerprint density at radius 2 is 0.490 bits per heavy atom. The van der Waals surface area contributed by atoms with Crippen LogP contribution in [0.5, 0.6) is 0 Å². The summed E-state index contributed by atoms with van der Waals surface area (Å²) < 4.78 is 46.5. The zero-order valence-corrected chi connectivity index (χ0v) is 61.7. The van der Waals surface area contributed by atoms with Crippen molar-refractivity contribution in [2.75, 3.05) is 52.7 Å². The van der Waals surface area contributed by atoms with E-state index in [1.165, 1.54) is 103 Å². The van der Waals surface area contributed by atoms with Crippen LogP contribution in [0.1, 0.15) is 235 Å². The third-order valence-corrected chi connectivity index (χ3v) is 30.5. The predicted molar refractivity (Wildman–Crippen MR) is 382 cm³/mol. The number of piperidine rings is 2. The molecule has 15 aliphatic rings. The predicted octanol–water partition coefficient (Wildman–Crippen LogP) is 11.1. The molecule has 8 bridgehead atoms. The van der Waals surface area contributed by atoms with Crippen LogP contribution in [0.4, 0.5) is 0 Å². The van der Waals surface area contributed by atoms with Gasteiger partial charge in [-0.15, -0.1) is 0 Å². The molecule has 0 amide bonds. The summed E-state index contributed by atoms with van der Waals surface area (Å²) in [6.07, 6.45) is 35.2. The molecule has 10 N–H and O–H groups in total. The van der Waals surface area contributed by atoms with Crippen LogP contribution in [-0.2, 0) is 28.4 Å². The first-order valence-electron chi connectivity index (χ1n) is 42.5.